The number of hydrogen-bond donors (Lipinski definition) is 0. The van der Waals surface area contributed by atoms with Gasteiger partial charge in [0.25, 0.3) is 0 Å². The maximum Gasteiger partial charge on any atom is 0.247 e. The minimum Gasteiger partial charge on any atom is -0.329 e. The first-order chi connectivity index (χ1) is 12.6. The molecule has 0 unspecified atom stereocenters. The van der Waals surface area contributed by atoms with Crippen molar-refractivity contribution in [3.05, 3.63) is 42.0 Å². The topological polar surface area (TPSA) is 57.7 Å². The SMILES string of the molecule is CC1(C)CC(N2C(=O)CCC2=O)CC(C)(C)N1C(=O)/C=C/c1ccccc1. The number of imide groups is 1. The Hall–Kier alpha value is -2.43. The van der Waals surface area contributed by atoms with Crippen LogP contribution in [0.25, 0.3) is 6.08 Å². The van der Waals surface area contributed by atoms with Crippen LogP contribution in [0.3, 0.4) is 0 Å². The Morgan fingerprint density at radius 1 is 0.963 bits per heavy atom. The zero-order chi connectivity index (χ0) is 19.8. The summed E-state index contributed by atoms with van der Waals surface area (Å²) in [5.74, 6) is -0.216. The lowest BCUT2D eigenvalue weighted by Gasteiger charge is -2.56. The molecule has 5 nitrogen and oxygen atoms in total. The van der Waals surface area contributed by atoms with Crippen molar-refractivity contribution in [1.29, 1.82) is 0 Å². The minimum atomic E-state index is -0.465. The first-order valence-electron chi connectivity index (χ1n) is 9.54. The molecule has 0 spiro atoms. The molecule has 2 aliphatic rings. The average Bonchev–Trinajstić information content (AvgIpc) is 2.90. The average molecular weight is 368 g/mol. The summed E-state index contributed by atoms with van der Waals surface area (Å²) in [7, 11) is 0. The summed E-state index contributed by atoms with van der Waals surface area (Å²) in [6, 6.07) is 9.58. The monoisotopic (exact) mass is 368 g/mol. The second kappa shape index (κ2) is 6.95. The van der Waals surface area contributed by atoms with Crippen LogP contribution >= 0.6 is 0 Å². The Kier molecular flexibility index (Phi) is 4.98. The van der Waals surface area contributed by atoms with E-state index < -0.39 is 11.1 Å². The predicted octanol–water partition coefficient (Wildman–Crippen LogP) is 3.40. The van der Waals surface area contributed by atoms with E-state index >= 15 is 0 Å². The summed E-state index contributed by atoms with van der Waals surface area (Å²) in [6.45, 7) is 8.06. The van der Waals surface area contributed by atoms with Gasteiger partial charge in [0.1, 0.15) is 0 Å². The first-order valence-corrected chi connectivity index (χ1v) is 9.54. The number of carbonyl (C=O) groups excluding carboxylic acids is 3. The van der Waals surface area contributed by atoms with Crippen LogP contribution in [0.1, 0.15) is 58.9 Å². The number of piperidine rings is 1. The highest BCUT2D eigenvalue weighted by Crippen LogP contribution is 2.41. The Morgan fingerprint density at radius 2 is 1.48 bits per heavy atom. The number of benzene rings is 1. The molecule has 144 valence electrons. The van der Waals surface area contributed by atoms with Crippen molar-refractivity contribution in [2.24, 2.45) is 0 Å². The van der Waals surface area contributed by atoms with Crippen LogP contribution in [0.4, 0.5) is 0 Å². The van der Waals surface area contributed by atoms with Gasteiger partial charge in [-0.3, -0.25) is 19.3 Å². The number of hydrogen-bond acceptors (Lipinski definition) is 3. The van der Waals surface area contributed by atoms with E-state index in [4.69, 9.17) is 0 Å². The van der Waals surface area contributed by atoms with Crippen LogP contribution in [0, 0.1) is 0 Å². The predicted molar refractivity (Wildman–Crippen MR) is 105 cm³/mol. The molecule has 0 bridgehead atoms. The van der Waals surface area contributed by atoms with E-state index in [1.54, 1.807) is 6.08 Å². The molecule has 0 aliphatic carbocycles. The number of amides is 3. The molecule has 1 aromatic carbocycles. The quantitative estimate of drug-likeness (QED) is 0.607. The van der Waals surface area contributed by atoms with Crippen molar-refractivity contribution in [2.75, 3.05) is 0 Å². The van der Waals surface area contributed by atoms with E-state index in [-0.39, 0.29) is 23.8 Å². The fourth-order valence-electron chi connectivity index (χ4n) is 4.81. The molecular formula is C22H28N2O3. The molecule has 2 saturated heterocycles. The van der Waals surface area contributed by atoms with Crippen molar-refractivity contribution < 1.29 is 14.4 Å². The molecule has 0 aromatic heterocycles. The van der Waals surface area contributed by atoms with Gasteiger partial charge in [0.05, 0.1) is 0 Å². The van der Waals surface area contributed by atoms with E-state index in [9.17, 15) is 14.4 Å². The van der Waals surface area contributed by atoms with E-state index in [0.717, 1.165) is 5.56 Å². The summed E-state index contributed by atoms with van der Waals surface area (Å²) in [5.41, 5.74) is 0.0473. The van der Waals surface area contributed by atoms with Gasteiger partial charge >= 0.3 is 0 Å². The van der Waals surface area contributed by atoms with Crippen LogP contribution in [-0.4, -0.2) is 44.6 Å². The van der Waals surface area contributed by atoms with Gasteiger partial charge in [0.15, 0.2) is 0 Å². The minimum absolute atomic E-state index is 0.0496. The van der Waals surface area contributed by atoms with E-state index in [1.165, 1.54) is 4.90 Å². The maximum atomic E-state index is 13.1. The molecule has 5 heteroatoms. The standard InChI is InChI=1S/C22H28N2O3/c1-21(2)14-17(23-18(25)12-13-19(23)26)15-22(3,4)24(21)20(27)11-10-16-8-6-5-7-9-16/h5-11,17H,12-15H2,1-4H3/b11-10+. The molecule has 2 heterocycles. The molecule has 0 atom stereocenters. The van der Waals surface area contributed by atoms with Crippen molar-refractivity contribution in [2.45, 2.75) is 70.5 Å². The van der Waals surface area contributed by atoms with Crippen molar-refractivity contribution in [3.8, 4) is 0 Å². The Labute approximate surface area is 161 Å². The van der Waals surface area contributed by atoms with E-state index in [1.807, 2.05) is 69.0 Å². The molecule has 0 N–H and O–H groups in total. The molecule has 0 saturated carbocycles. The molecule has 1 aromatic rings. The summed E-state index contributed by atoms with van der Waals surface area (Å²) >= 11 is 0. The van der Waals surface area contributed by atoms with Crippen LogP contribution in [0.2, 0.25) is 0 Å². The van der Waals surface area contributed by atoms with Crippen LogP contribution in [0.5, 0.6) is 0 Å². The van der Waals surface area contributed by atoms with Gasteiger partial charge in [-0.2, -0.15) is 0 Å². The highest BCUT2D eigenvalue weighted by Gasteiger charge is 2.50. The zero-order valence-corrected chi connectivity index (χ0v) is 16.6. The maximum absolute atomic E-state index is 13.1. The van der Waals surface area contributed by atoms with Gasteiger partial charge in [-0.15, -0.1) is 0 Å². The molecule has 3 amide bonds. The number of carbonyl (C=O) groups is 3. The van der Waals surface area contributed by atoms with Gasteiger partial charge in [0.2, 0.25) is 17.7 Å². The van der Waals surface area contributed by atoms with Crippen molar-refractivity contribution in [3.63, 3.8) is 0 Å². The fourth-order valence-corrected chi connectivity index (χ4v) is 4.81. The third-order valence-electron chi connectivity index (χ3n) is 5.57. The lowest BCUT2D eigenvalue weighted by molar-refractivity contribution is -0.153. The highest BCUT2D eigenvalue weighted by atomic mass is 16.2. The highest BCUT2D eigenvalue weighted by molar-refractivity contribution is 6.02. The Bertz CT molecular complexity index is 746. The van der Waals surface area contributed by atoms with Gasteiger partial charge < -0.3 is 4.90 Å². The van der Waals surface area contributed by atoms with Gasteiger partial charge in [-0.05, 0) is 52.2 Å². The lowest BCUT2D eigenvalue weighted by atomic mass is 9.76. The van der Waals surface area contributed by atoms with Crippen LogP contribution in [-0.2, 0) is 14.4 Å². The fraction of sp³-hybridized carbons (Fsp3) is 0.500. The summed E-state index contributed by atoms with van der Waals surface area (Å²) in [5, 5.41) is 0. The van der Waals surface area contributed by atoms with Gasteiger partial charge in [0, 0.05) is 36.0 Å². The Morgan fingerprint density at radius 3 is 2.00 bits per heavy atom. The number of nitrogens with zero attached hydrogens (tertiary/aromatic N) is 2. The normalized spacial score (nSPS) is 22.7. The van der Waals surface area contributed by atoms with Gasteiger partial charge in [-0.25, -0.2) is 0 Å². The second-order valence-electron chi connectivity index (χ2n) is 8.76. The van der Waals surface area contributed by atoms with E-state index in [2.05, 4.69) is 0 Å². The Balaban J connectivity index is 1.82. The molecule has 27 heavy (non-hydrogen) atoms. The molecule has 3 rings (SSSR count). The third kappa shape index (κ3) is 3.82. The lowest BCUT2D eigenvalue weighted by Crippen LogP contribution is -2.66. The molecular weight excluding hydrogens is 340 g/mol. The largest absolute Gasteiger partial charge is 0.329 e. The van der Waals surface area contributed by atoms with Gasteiger partial charge in [-0.1, -0.05) is 30.3 Å². The molecule has 2 aliphatic heterocycles. The zero-order valence-electron chi connectivity index (χ0n) is 16.6. The van der Waals surface area contributed by atoms with E-state index in [0.29, 0.717) is 25.7 Å². The second-order valence-corrected chi connectivity index (χ2v) is 8.76. The summed E-state index contributed by atoms with van der Waals surface area (Å²) in [6.07, 6.45) is 5.24. The summed E-state index contributed by atoms with van der Waals surface area (Å²) < 4.78 is 0. The van der Waals surface area contributed by atoms with Crippen LogP contribution < -0.4 is 0 Å². The van der Waals surface area contributed by atoms with Crippen molar-refractivity contribution in [1.82, 2.24) is 9.80 Å². The van der Waals surface area contributed by atoms with Crippen molar-refractivity contribution >= 4 is 23.8 Å². The van der Waals surface area contributed by atoms with Crippen LogP contribution in [0.15, 0.2) is 36.4 Å². The summed E-state index contributed by atoms with van der Waals surface area (Å²) in [4.78, 5) is 40.8. The first kappa shape index (κ1) is 19.3. The number of rotatable bonds is 3. The molecule has 2 fully saturated rings. The molecule has 0 radical (unpaired) electrons. The smallest absolute Gasteiger partial charge is 0.247 e. The number of likely N-dealkylation sites (tertiary alicyclic amines) is 2. The third-order valence-corrected chi connectivity index (χ3v) is 5.57.